The maximum absolute atomic E-state index is 10.9. The van der Waals surface area contributed by atoms with Gasteiger partial charge in [-0.15, -0.1) is 0 Å². The highest BCUT2D eigenvalue weighted by molar-refractivity contribution is 6.29. The Morgan fingerprint density at radius 3 is 2.53 bits per heavy atom. The molecule has 1 aromatic heterocycles. The summed E-state index contributed by atoms with van der Waals surface area (Å²) < 4.78 is 0. The summed E-state index contributed by atoms with van der Waals surface area (Å²) in [6, 6.07) is 1.66. The molecule has 0 atom stereocenters. The van der Waals surface area contributed by atoms with Gasteiger partial charge >= 0.3 is 6.09 Å². The summed E-state index contributed by atoms with van der Waals surface area (Å²) in [5, 5.41) is 9.43. The van der Waals surface area contributed by atoms with Gasteiger partial charge < -0.3 is 14.9 Å². The van der Waals surface area contributed by atoms with Gasteiger partial charge in [0.15, 0.2) is 0 Å². The lowest BCUT2D eigenvalue weighted by Crippen LogP contribution is -2.65. The number of anilines is 1. The highest BCUT2D eigenvalue weighted by Gasteiger charge is 2.48. The third-order valence-electron chi connectivity index (χ3n) is 4.19. The maximum Gasteiger partial charge on any atom is 0.407 e. The van der Waals surface area contributed by atoms with E-state index in [0.717, 1.165) is 25.8 Å². The summed E-state index contributed by atoms with van der Waals surface area (Å²) >= 11 is 5.90. The largest absolute Gasteiger partial charge is 0.465 e. The number of rotatable bonds is 1. The van der Waals surface area contributed by atoms with Crippen LogP contribution in [0.25, 0.3) is 0 Å². The molecule has 1 amide bonds. The molecule has 1 aromatic rings. The minimum atomic E-state index is -0.834. The van der Waals surface area contributed by atoms with Crippen molar-refractivity contribution in [3.05, 3.63) is 17.4 Å². The lowest BCUT2D eigenvalue weighted by molar-refractivity contribution is 0.0969. The molecule has 0 saturated carbocycles. The molecule has 1 N–H and O–H groups in total. The molecule has 3 heterocycles. The quantitative estimate of drug-likeness (QED) is 0.796. The molecular formula is C12H15ClN4O2. The second kappa shape index (κ2) is 4.52. The van der Waals surface area contributed by atoms with Crippen LogP contribution in [0.5, 0.6) is 0 Å². The minimum absolute atomic E-state index is 0.0244. The van der Waals surface area contributed by atoms with E-state index in [1.807, 2.05) is 0 Å². The van der Waals surface area contributed by atoms with Crippen molar-refractivity contribution in [3.63, 3.8) is 0 Å². The summed E-state index contributed by atoms with van der Waals surface area (Å²) in [5.41, 5.74) is 0.0244. The van der Waals surface area contributed by atoms with E-state index in [9.17, 15) is 4.79 Å². The van der Waals surface area contributed by atoms with Gasteiger partial charge in [0.1, 0.15) is 5.15 Å². The van der Waals surface area contributed by atoms with Crippen LogP contribution < -0.4 is 4.90 Å². The van der Waals surface area contributed by atoms with Gasteiger partial charge in [-0.05, 0) is 25.3 Å². The Bertz CT molecular complexity index is 502. The Labute approximate surface area is 116 Å². The zero-order chi connectivity index (χ0) is 13.5. The SMILES string of the molecule is O=C(O)N1CCC2(CC1)CCN2c1nccc(Cl)n1. The fourth-order valence-corrected chi connectivity index (χ4v) is 3.08. The zero-order valence-corrected chi connectivity index (χ0v) is 11.2. The summed E-state index contributed by atoms with van der Waals surface area (Å²) in [5.74, 6) is 0.655. The number of nitrogens with zero attached hydrogens (tertiary/aromatic N) is 4. The van der Waals surface area contributed by atoms with Crippen LogP contribution in [0.3, 0.4) is 0 Å². The van der Waals surface area contributed by atoms with Gasteiger partial charge in [0.25, 0.3) is 0 Å². The number of carbonyl (C=O) groups is 1. The fourth-order valence-electron chi connectivity index (χ4n) is 2.94. The molecule has 0 aliphatic carbocycles. The zero-order valence-electron chi connectivity index (χ0n) is 10.4. The minimum Gasteiger partial charge on any atom is -0.465 e. The number of likely N-dealkylation sites (tertiary alicyclic amines) is 1. The van der Waals surface area contributed by atoms with Gasteiger partial charge in [-0.1, -0.05) is 11.6 Å². The molecule has 2 saturated heterocycles. The van der Waals surface area contributed by atoms with Gasteiger partial charge in [0.05, 0.1) is 0 Å². The van der Waals surface area contributed by atoms with E-state index in [-0.39, 0.29) is 5.54 Å². The Morgan fingerprint density at radius 1 is 1.32 bits per heavy atom. The van der Waals surface area contributed by atoms with Gasteiger partial charge in [0, 0.05) is 31.4 Å². The monoisotopic (exact) mass is 282 g/mol. The van der Waals surface area contributed by atoms with Crippen LogP contribution in [-0.2, 0) is 0 Å². The Hall–Kier alpha value is -1.56. The average Bonchev–Trinajstić information content (AvgIpc) is 2.37. The molecule has 3 rings (SSSR count). The van der Waals surface area contributed by atoms with Gasteiger partial charge in [0.2, 0.25) is 5.95 Å². The van der Waals surface area contributed by atoms with Crippen molar-refractivity contribution in [1.82, 2.24) is 14.9 Å². The van der Waals surface area contributed by atoms with Crippen LogP contribution in [0.1, 0.15) is 19.3 Å². The molecule has 0 radical (unpaired) electrons. The molecule has 102 valence electrons. The van der Waals surface area contributed by atoms with Crippen molar-refractivity contribution in [2.75, 3.05) is 24.5 Å². The van der Waals surface area contributed by atoms with Gasteiger partial charge in [-0.2, -0.15) is 0 Å². The third-order valence-corrected chi connectivity index (χ3v) is 4.40. The van der Waals surface area contributed by atoms with Gasteiger partial charge in [-0.3, -0.25) is 0 Å². The number of hydrogen-bond acceptors (Lipinski definition) is 4. The van der Waals surface area contributed by atoms with E-state index in [0.29, 0.717) is 24.2 Å². The second-order valence-corrected chi connectivity index (χ2v) is 5.46. The van der Waals surface area contributed by atoms with Crippen molar-refractivity contribution < 1.29 is 9.90 Å². The first-order chi connectivity index (χ1) is 9.11. The van der Waals surface area contributed by atoms with Crippen molar-refractivity contribution in [2.45, 2.75) is 24.8 Å². The van der Waals surface area contributed by atoms with Crippen molar-refractivity contribution in [2.24, 2.45) is 0 Å². The number of piperidine rings is 1. The summed E-state index contributed by atoms with van der Waals surface area (Å²) in [6.45, 7) is 2.06. The standard InChI is InChI=1S/C12H15ClN4O2/c13-9-1-5-14-10(15-9)17-8-4-12(17)2-6-16(7-3-12)11(18)19/h1,5H,2-4,6-8H2,(H,18,19). The van der Waals surface area contributed by atoms with Crippen molar-refractivity contribution in [1.29, 1.82) is 0 Å². The number of carboxylic acid groups (broad SMARTS) is 1. The number of amides is 1. The topological polar surface area (TPSA) is 69.6 Å². The molecule has 0 unspecified atom stereocenters. The Kier molecular flexibility index (Phi) is 2.97. The highest BCUT2D eigenvalue weighted by Crippen LogP contribution is 2.41. The fraction of sp³-hybridized carbons (Fsp3) is 0.583. The first-order valence-electron chi connectivity index (χ1n) is 6.35. The Morgan fingerprint density at radius 2 is 2.00 bits per heavy atom. The number of hydrogen-bond donors (Lipinski definition) is 1. The molecule has 6 nitrogen and oxygen atoms in total. The normalized spacial score (nSPS) is 21.3. The van der Waals surface area contributed by atoms with E-state index in [2.05, 4.69) is 14.9 Å². The smallest absolute Gasteiger partial charge is 0.407 e. The maximum atomic E-state index is 10.9. The molecule has 1 spiro atoms. The third kappa shape index (κ3) is 2.10. The predicted molar refractivity (Wildman–Crippen MR) is 70.6 cm³/mol. The van der Waals surface area contributed by atoms with Crippen molar-refractivity contribution in [3.8, 4) is 0 Å². The number of halogens is 1. The van der Waals surface area contributed by atoms with E-state index < -0.39 is 6.09 Å². The van der Waals surface area contributed by atoms with Crippen LogP contribution in [-0.4, -0.2) is 51.2 Å². The lowest BCUT2D eigenvalue weighted by atomic mass is 9.76. The predicted octanol–water partition coefficient (Wildman–Crippen LogP) is 1.85. The van der Waals surface area contributed by atoms with Crippen LogP contribution in [0.2, 0.25) is 5.15 Å². The molecule has 2 fully saturated rings. The molecule has 2 aliphatic heterocycles. The summed E-state index contributed by atoms with van der Waals surface area (Å²) in [6.07, 6.45) is 3.55. The summed E-state index contributed by atoms with van der Waals surface area (Å²) in [4.78, 5) is 23.1. The van der Waals surface area contributed by atoms with Crippen LogP contribution in [0.4, 0.5) is 10.7 Å². The summed E-state index contributed by atoms with van der Waals surface area (Å²) in [7, 11) is 0. The second-order valence-electron chi connectivity index (χ2n) is 5.07. The molecular weight excluding hydrogens is 268 g/mol. The van der Waals surface area contributed by atoms with E-state index >= 15 is 0 Å². The van der Waals surface area contributed by atoms with Crippen LogP contribution in [0.15, 0.2) is 12.3 Å². The van der Waals surface area contributed by atoms with Crippen LogP contribution >= 0.6 is 11.6 Å². The lowest BCUT2D eigenvalue weighted by Gasteiger charge is -2.56. The van der Waals surface area contributed by atoms with E-state index in [1.54, 1.807) is 12.3 Å². The molecule has 2 aliphatic rings. The number of aromatic nitrogens is 2. The first kappa shape index (κ1) is 12.5. The van der Waals surface area contributed by atoms with Crippen molar-refractivity contribution >= 4 is 23.6 Å². The first-order valence-corrected chi connectivity index (χ1v) is 6.73. The molecule has 0 bridgehead atoms. The molecule has 7 heteroatoms. The average molecular weight is 283 g/mol. The highest BCUT2D eigenvalue weighted by atomic mass is 35.5. The van der Waals surface area contributed by atoms with E-state index in [1.165, 1.54) is 4.90 Å². The van der Waals surface area contributed by atoms with E-state index in [4.69, 9.17) is 16.7 Å². The van der Waals surface area contributed by atoms with Gasteiger partial charge in [-0.25, -0.2) is 14.8 Å². The van der Waals surface area contributed by atoms with Crippen LogP contribution in [0, 0.1) is 0 Å². The molecule has 0 aromatic carbocycles. The molecule has 19 heavy (non-hydrogen) atoms. The Balaban J connectivity index is 1.75.